The van der Waals surface area contributed by atoms with Crippen molar-refractivity contribution in [1.82, 2.24) is 25.5 Å². The van der Waals surface area contributed by atoms with Crippen LogP contribution in [0.3, 0.4) is 0 Å². The molecule has 13 heteroatoms. The molecule has 2 aromatic carbocycles. The second-order valence-corrected chi connectivity index (χ2v) is 14.1. The Balaban J connectivity index is 1.53. The molecule has 4 rings (SSSR count). The van der Waals surface area contributed by atoms with Gasteiger partial charge in [0.15, 0.2) is 0 Å². The summed E-state index contributed by atoms with van der Waals surface area (Å²) in [5.74, 6) is -2.96. The van der Waals surface area contributed by atoms with E-state index in [1.165, 1.54) is 28.7 Å². The first-order chi connectivity index (χ1) is 26.4. The van der Waals surface area contributed by atoms with Crippen molar-refractivity contribution in [2.75, 3.05) is 7.05 Å². The van der Waals surface area contributed by atoms with Crippen LogP contribution in [0.5, 0.6) is 0 Å². The molecule has 4 aromatic rings. The Hall–Kier alpha value is -4.33. The number of hydrogen-bond donors (Lipinski definition) is 3. The number of hydrogen-bond acceptors (Lipinski definition) is 10. The number of nitrogens with two attached hydrogens (primary N) is 1. The van der Waals surface area contributed by atoms with Gasteiger partial charge in [0.2, 0.25) is 0 Å². The predicted molar refractivity (Wildman–Crippen MR) is 197 cm³/mol. The highest BCUT2D eigenvalue weighted by molar-refractivity contribution is 7.09. The third-order valence-electron chi connectivity index (χ3n) is 7.78. The van der Waals surface area contributed by atoms with E-state index in [0.717, 1.165) is 27.3 Å². The van der Waals surface area contributed by atoms with Crippen molar-refractivity contribution < 1.29 is 32.1 Å². The van der Waals surface area contributed by atoms with E-state index in [4.69, 9.17) is 23.4 Å². The third kappa shape index (κ3) is 12.2. The van der Waals surface area contributed by atoms with Gasteiger partial charge in [0.1, 0.15) is 18.8 Å². The first kappa shape index (κ1) is 30.5. The smallest absolute Gasteiger partial charge is 0.407 e. The topological polar surface area (TPSA) is 149 Å². The van der Waals surface area contributed by atoms with E-state index < -0.39 is 67.9 Å². The standard InChI is InChI=1S/C37H48N6O5S2/c1-24(2)33(42-36(45)43(5)20-29-22-49-34(40-29)25(3)4)35(44)48-32(18-28(38)16-26-12-8-6-9-13-26)31(17-27-14-10-7-11-15-27)41-37(46)47-21-30-19-39-23-50-30/h6-15,19,22-25,28,31-33H,16-18,20-21,38H2,1-5H3,(H,41,46)(H,42,45)/t28-,31-,32-,33-/m0/s1/i3D3,4D3. The molecule has 4 atom stereocenters. The molecule has 0 bridgehead atoms. The minimum absolute atomic E-state index is 0.00319. The number of thiazole rings is 2. The second-order valence-electron chi connectivity index (χ2n) is 12.3. The Morgan fingerprint density at radius 2 is 1.66 bits per heavy atom. The number of rotatable bonds is 17. The molecule has 0 fully saturated rings. The van der Waals surface area contributed by atoms with Crippen molar-refractivity contribution >= 4 is 40.8 Å². The lowest BCUT2D eigenvalue weighted by molar-refractivity contribution is -0.154. The number of benzene rings is 2. The molecule has 0 radical (unpaired) electrons. The summed E-state index contributed by atoms with van der Waals surface area (Å²) in [6.07, 6.45) is 0.831. The van der Waals surface area contributed by atoms with Crippen LogP contribution in [0.25, 0.3) is 0 Å². The predicted octanol–water partition coefficient (Wildman–Crippen LogP) is 6.30. The van der Waals surface area contributed by atoms with Gasteiger partial charge < -0.3 is 30.7 Å². The molecular formula is C37H48N6O5S2. The van der Waals surface area contributed by atoms with Crippen molar-refractivity contribution in [1.29, 1.82) is 0 Å². The third-order valence-corrected chi connectivity index (χ3v) is 9.50. The van der Waals surface area contributed by atoms with Gasteiger partial charge >= 0.3 is 18.1 Å². The molecule has 2 aromatic heterocycles. The number of nitrogens with one attached hydrogen (secondary N) is 2. The Labute approximate surface area is 311 Å². The van der Waals surface area contributed by atoms with E-state index in [1.54, 1.807) is 25.6 Å². The normalized spacial score (nSPS) is 16.0. The second kappa shape index (κ2) is 19.2. The van der Waals surface area contributed by atoms with Crippen molar-refractivity contribution in [2.45, 2.75) is 90.1 Å². The minimum Gasteiger partial charge on any atom is -0.459 e. The van der Waals surface area contributed by atoms with Crippen LogP contribution >= 0.6 is 22.7 Å². The molecule has 0 unspecified atom stereocenters. The average Bonchev–Trinajstić information content (AvgIpc) is 3.81. The summed E-state index contributed by atoms with van der Waals surface area (Å²) in [6, 6.07) is 15.9. The number of nitrogens with zero attached hydrogens (tertiary/aromatic N) is 3. The molecule has 4 N–H and O–H groups in total. The summed E-state index contributed by atoms with van der Waals surface area (Å²) in [5, 5.41) is 7.06. The summed E-state index contributed by atoms with van der Waals surface area (Å²) in [7, 11) is 1.46. The maximum Gasteiger partial charge on any atom is 0.407 e. The molecule has 0 spiro atoms. The molecule has 0 aliphatic rings. The summed E-state index contributed by atoms with van der Waals surface area (Å²) >= 11 is 2.24. The Bertz CT molecular complexity index is 1820. The zero-order chi connectivity index (χ0) is 41.0. The van der Waals surface area contributed by atoms with Gasteiger partial charge in [-0.25, -0.2) is 19.4 Å². The van der Waals surface area contributed by atoms with Crippen LogP contribution in [0, 0.1) is 5.92 Å². The van der Waals surface area contributed by atoms with Gasteiger partial charge in [-0.05, 0) is 29.9 Å². The van der Waals surface area contributed by atoms with Gasteiger partial charge in [0.05, 0.1) is 33.7 Å². The highest BCUT2D eigenvalue weighted by Gasteiger charge is 2.34. The van der Waals surface area contributed by atoms with Gasteiger partial charge in [0.25, 0.3) is 0 Å². The van der Waals surface area contributed by atoms with Crippen LogP contribution < -0.4 is 16.4 Å². The first-order valence-corrected chi connectivity index (χ1v) is 18.0. The summed E-state index contributed by atoms with van der Waals surface area (Å²) in [6.45, 7) is -2.22. The maximum atomic E-state index is 14.1. The molecule has 0 aliphatic carbocycles. The van der Waals surface area contributed by atoms with Gasteiger partial charge in [-0.1, -0.05) is 88.2 Å². The molecule has 3 amide bonds. The van der Waals surface area contributed by atoms with Gasteiger partial charge in [-0.3, -0.25) is 4.98 Å². The van der Waals surface area contributed by atoms with Gasteiger partial charge in [-0.2, -0.15) is 0 Å². The number of alkyl carbamates (subject to hydrolysis) is 1. The number of amides is 3. The van der Waals surface area contributed by atoms with E-state index in [9.17, 15) is 14.4 Å². The van der Waals surface area contributed by atoms with Crippen molar-refractivity contribution in [3.05, 3.63) is 104 Å². The lowest BCUT2D eigenvalue weighted by atomic mass is 9.93. The average molecular weight is 727 g/mol. The SMILES string of the molecule is [2H]C([2H])([2H])C(c1nc(CN(C)C(=O)N[C@H](C(=O)O[C@@H](C[C@@H](N)Cc2ccccc2)[C@H](Cc2ccccc2)NC(=O)OCc2cncs2)C(C)C)cs1)C([2H])([2H])[2H]. The summed E-state index contributed by atoms with van der Waals surface area (Å²) in [4.78, 5) is 51.0. The molecule has 11 nitrogen and oxygen atoms in total. The van der Waals surface area contributed by atoms with Gasteiger partial charge in [-0.15, -0.1) is 22.7 Å². The number of esters is 1. The number of carbonyl (C=O) groups is 3. The van der Waals surface area contributed by atoms with E-state index in [1.807, 2.05) is 60.7 Å². The molecule has 0 saturated heterocycles. The molecular weight excluding hydrogens is 673 g/mol. The molecule has 2 heterocycles. The van der Waals surface area contributed by atoms with E-state index in [0.29, 0.717) is 6.42 Å². The summed E-state index contributed by atoms with van der Waals surface area (Å²) in [5.41, 5.74) is 10.4. The van der Waals surface area contributed by atoms with Crippen LogP contribution in [-0.4, -0.2) is 64.2 Å². The lowest BCUT2D eigenvalue weighted by Gasteiger charge is -2.32. The van der Waals surface area contributed by atoms with Crippen LogP contribution in [0.4, 0.5) is 9.59 Å². The number of aromatic nitrogens is 2. The first-order valence-electron chi connectivity index (χ1n) is 19.2. The van der Waals surface area contributed by atoms with Gasteiger partial charge in [0, 0.05) is 45.2 Å². The quantitative estimate of drug-likeness (QED) is 0.107. The number of ether oxygens (including phenoxy) is 2. The van der Waals surface area contributed by atoms with E-state index in [2.05, 4.69) is 20.6 Å². The fraction of sp³-hybridized carbons (Fsp3) is 0.432. The largest absolute Gasteiger partial charge is 0.459 e. The Morgan fingerprint density at radius 1 is 0.980 bits per heavy atom. The van der Waals surface area contributed by atoms with Crippen LogP contribution in [0.1, 0.15) is 74.8 Å². The monoisotopic (exact) mass is 726 g/mol. The van der Waals surface area contributed by atoms with Crippen LogP contribution in [0.15, 0.2) is 77.8 Å². The van der Waals surface area contributed by atoms with Crippen molar-refractivity contribution in [3.8, 4) is 0 Å². The van der Waals surface area contributed by atoms with Crippen molar-refractivity contribution in [3.63, 3.8) is 0 Å². The maximum absolute atomic E-state index is 14.1. The number of carbonyl (C=O) groups excluding carboxylic acids is 3. The zero-order valence-electron chi connectivity index (χ0n) is 34.3. The summed E-state index contributed by atoms with van der Waals surface area (Å²) < 4.78 is 58.2. The number of urea groups is 1. The molecule has 268 valence electrons. The van der Waals surface area contributed by atoms with Crippen LogP contribution in [-0.2, 0) is 40.3 Å². The molecule has 50 heavy (non-hydrogen) atoms. The van der Waals surface area contributed by atoms with Crippen molar-refractivity contribution in [2.24, 2.45) is 11.7 Å². The zero-order valence-corrected chi connectivity index (χ0v) is 29.9. The van der Waals surface area contributed by atoms with E-state index in [-0.39, 0.29) is 36.7 Å². The minimum atomic E-state index is -2.81. The van der Waals surface area contributed by atoms with E-state index >= 15 is 0 Å². The fourth-order valence-electron chi connectivity index (χ4n) is 5.19. The fourth-order valence-corrected chi connectivity index (χ4v) is 6.38. The Morgan fingerprint density at radius 3 is 2.28 bits per heavy atom. The molecule has 0 aliphatic heterocycles. The lowest BCUT2D eigenvalue weighted by Crippen LogP contribution is -2.53. The van der Waals surface area contributed by atoms with Crippen LogP contribution in [0.2, 0.25) is 0 Å². The highest BCUT2D eigenvalue weighted by Crippen LogP contribution is 2.21. The Kier molecular flexibility index (Phi) is 11.7. The highest BCUT2D eigenvalue weighted by atomic mass is 32.1. The molecule has 0 saturated carbocycles.